The monoisotopic (exact) mass is 281 g/mol. The standard InChI is InChI=1S/C14H19NO3S/c1-15(7-11-4-12(16)5-11)8-13-6-10(9-19-13)2-3-14(17)18/h2-3,6,9,11-12,16H,4-5,7-8H2,1H3,(H,17,18). The third-order valence-electron chi connectivity index (χ3n) is 3.30. The summed E-state index contributed by atoms with van der Waals surface area (Å²) in [4.78, 5) is 13.9. The lowest BCUT2D eigenvalue weighted by molar-refractivity contribution is -0.131. The molecule has 0 saturated heterocycles. The van der Waals surface area contributed by atoms with E-state index in [1.54, 1.807) is 17.4 Å². The van der Waals surface area contributed by atoms with Crippen molar-refractivity contribution in [2.45, 2.75) is 25.5 Å². The lowest BCUT2D eigenvalue weighted by Crippen LogP contribution is -2.36. The molecule has 0 atom stereocenters. The molecule has 1 aliphatic carbocycles. The number of thiophene rings is 1. The number of carboxylic acid groups (broad SMARTS) is 1. The second-order valence-corrected chi connectivity index (χ2v) is 6.20. The second-order valence-electron chi connectivity index (χ2n) is 5.21. The number of carbonyl (C=O) groups is 1. The van der Waals surface area contributed by atoms with Crippen LogP contribution in [-0.2, 0) is 11.3 Å². The Kier molecular flexibility index (Phi) is 4.74. The highest BCUT2D eigenvalue weighted by Crippen LogP contribution is 2.28. The summed E-state index contributed by atoms with van der Waals surface area (Å²) in [5.41, 5.74) is 0.940. The van der Waals surface area contributed by atoms with E-state index in [-0.39, 0.29) is 6.10 Å². The van der Waals surface area contributed by atoms with Crippen LogP contribution in [0.5, 0.6) is 0 Å². The van der Waals surface area contributed by atoms with Gasteiger partial charge in [0.2, 0.25) is 0 Å². The summed E-state index contributed by atoms with van der Waals surface area (Å²) in [6, 6.07) is 2.02. The molecule has 104 valence electrons. The molecule has 0 aromatic carbocycles. The van der Waals surface area contributed by atoms with E-state index in [2.05, 4.69) is 11.9 Å². The van der Waals surface area contributed by atoms with Gasteiger partial charge in [0.25, 0.3) is 0 Å². The van der Waals surface area contributed by atoms with Crippen LogP contribution in [0.2, 0.25) is 0 Å². The summed E-state index contributed by atoms with van der Waals surface area (Å²) >= 11 is 1.65. The smallest absolute Gasteiger partial charge is 0.328 e. The zero-order valence-electron chi connectivity index (χ0n) is 11.0. The molecule has 2 N–H and O–H groups in total. The molecule has 0 amide bonds. The molecule has 2 rings (SSSR count). The van der Waals surface area contributed by atoms with Crippen molar-refractivity contribution in [1.29, 1.82) is 0 Å². The molecule has 4 nitrogen and oxygen atoms in total. The first kappa shape index (κ1) is 14.2. The number of hydrogen-bond donors (Lipinski definition) is 2. The van der Waals surface area contributed by atoms with Crippen LogP contribution in [0.3, 0.4) is 0 Å². The molecule has 0 radical (unpaired) electrons. The minimum absolute atomic E-state index is 0.0899. The highest BCUT2D eigenvalue weighted by molar-refractivity contribution is 7.10. The van der Waals surface area contributed by atoms with Crippen LogP contribution in [0.25, 0.3) is 6.08 Å². The molecule has 1 heterocycles. The molecule has 19 heavy (non-hydrogen) atoms. The minimum atomic E-state index is -0.923. The molecule has 1 aromatic heterocycles. The highest BCUT2D eigenvalue weighted by atomic mass is 32.1. The van der Waals surface area contributed by atoms with Crippen LogP contribution < -0.4 is 0 Å². The summed E-state index contributed by atoms with van der Waals surface area (Å²) in [7, 11) is 2.08. The molecule has 0 aliphatic heterocycles. The van der Waals surface area contributed by atoms with E-state index in [1.165, 1.54) is 4.88 Å². The topological polar surface area (TPSA) is 60.8 Å². The van der Waals surface area contributed by atoms with E-state index < -0.39 is 5.97 Å². The average Bonchev–Trinajstić information content (AvgIpc) is 2.72. The second kappa shape index (κ2) is 6.32. The van der Waals surface area contributed by atoms with Gasteiger partial charge in [-0.3, -0.25) is 0 Å². The van der Waals surface area contributed by atoms with Crippen molar-refractivity contribution in [1.82, 2.24) is 4.90 Å². The molecule has 1 fully saturated rings. The van der Waals surface area contributed by atoms with Crippen molar-refractivity contribution in [2.75, 3.05) is 13.6 Å². The van der Waals surface area contributed by atoms with Gasteiger partial charge in [0.1, 0.15) is 0 Å². The molecule has 0 unspecified atom stereocenters. The number of carboxylic acids is 1. The van der Waals surface area contributed by atoms with Crippen molar-refractivity contribution in [3.05, 3.63) is 28.0 Å². The largest absolute Gasteiger partial charge is 0.478 e. The molecule has 0 bridgehead atoms. The normalized spacial score (nSPS) is 22.9. The van der Waals surface area contributed by atoms with Crippen molar-refractivity contribution in [3.8, 4) is 0 Å². The van der Waals surface area contributed by atoms with E-state index in [4.69, 9.17) is 5.11 Å². The number of aliphatic hydroxyl groups is 1. The van der Waals surface area contributed by atoms with Gasteiger partial charge >= 0.3 is 5.97 Å². The number of rotatable bonds is 6. The Morgan fingerprint density at radius 1 is 1.58 bits per heavy atom. The summed E-state index contributed by atoms with van der Waals surface area (Å²) < 4.78 is 0. The molecule has 0 spiro atoms. The van der Waals surface area contributed by atoms with Crippen LogP contribution in [0.4, 0.5) is 0 Å². The van der Waals surface area contributed by atoms with Crippen molar-refractivity contribution >= 4 is 23.4 Å². The van der Waals surface area contributed by atoms with E-state index in [0.717, 1.165) is 37.6 Å². The Hall–Kier alpha value is -1.17. The first-order valence-electron chi connectivity index (χ1n) is 6.38. The Balaban J connectivity index is 1.80. The first-order chi connectivity index (χ1) is 9.02. The number of nitrogens with zero attached hydrogens (tertiary/aromatic N) is 1. The Labute approximate surface area is 117 Å². The van der Waals surface area contributed by atoms with Gasteiger partial charge in [0.05, 0.1) is 6.10 Å². The van der Waals surface area contributed by atoms with Crippen molar-refractivity contribution in [2.24, 2.45) is 5.92 Å². The van der Waals surface area contributed by atoms with Gasteiger partial charge in [-0.25, -0.2) is 4.79 Å². The Morgan fingerprint density at radius 3 is 2.95 bits per heavy atom. The average molecular weight is 281 g/mol. The van der Waals surface area contributed by atoms with E-state index >= 15 is 0 Å². The maximum absolute atomic E-state index is 10.4. The molecule has 1 aliphatic rings. The number of aliphatic carboxylic acids is 1. The number of hydrogen-bond acceptors (Lipinski definition) is 4. The van der Waals surface area contributed by atoms with Gasteiger partial charge < -0.3 is 15.1 Å². The molecular weight excluding hydrogens is 262 g/mol. The fourth-order valence-electron chi connectivity index (χ4n) is 2.36. The van der Waals surface area contributed by atoms with Gasteiger partial charge in [-0.15, -0.1) is 11.3 Å². The Bertz CT molecular complexity index is 463. The van der Waals surface area contributed by atoms with Crippen LogP contribution in [0.15, 0.2) is 17.5 Å². The lowest BCUT2D eigenvalue weighted by atomic mass is 9.82. The third-order valence-corrected chi connectivity index (χ3v) is 4.24. The molecule has 5 heteroatoms. The summed E-state index contributed by atoms with van der Waals surface area (Å²) in [6.07, 6.45) is 4.52. The quantitative estimate of drug-likeness (QED) is 0.783. The van der Waals surface area contributed by atoms with E-state index in [1.807, 2.05) is 11.4 Å². The van der Waals surface area contributed by atoms with Crippen LogP contribution in [-0.4, -0.2) is 40.8 Å². The summed E-state index contributed by atoms with van der Waals surface area (Å²) in [5, 5.41) is 19.8. The predicted octanol–water partition coefficient (Wildman–Crippen LogP) is 2.05. The molecular formula is C14H19NO3S. The molecule has 1 saturated carbocycles. The maximum Gasteiger partial charge on any atom is 0.328 e. The van der Waals surface area contributed by atoms with E-state index in [9.17, 15) is 9.90 Å². The van der Waals surface area contributed by atoms with Crippen LogP contribution >= 0.6 is 11.3 Å². The van der Waals surface area contributed by atoms with Gasteiger partial charge in [-0.05, 0) is 48.9 Å². The van der Waals surface area contributed by atoms with Gasteiger partial charge in [0.15, 0.2) is 0 Å². The highest BCUT2D eigenvalue weighted by Gasteiger charge is 2.27. The van der Waals surface area contributed by atoms with E-state index in [0.29, 0.717) is 5.92 Å². The third kappa shape index (κ3) is 4.45. The summed E-state index contributed by atoms with van der Waals surface area (Å²) in [6.45, 7) is 1.88. The number of aliphatic hydroxyl groups excluding tert-OH is 1. The zero-order chi connectivity index (χ0) is 13.8. The SMILES string of the molecule is CN(Cc1cc(C=CC(=O)O)cs1)CC1CC(O)C1. The van der Waals surface area contributed by atoms with Crippen LogP contribution in [0, 0.1) is 5.92 Å². The summed E-state index contributed by atoms with van der Waals surface area (Å²) in [5.74, 6) is -0.306. The fourth-order valence-corrected chi connectivity index (χ4v) is 3.29. The zero-order valence-corrected chi connectivity index (χ0v) is 11.8. The molecule has 1 aromatic rings. The van der Waals surface area contributed by atoms with Crippen molar-refractivity contribution in [3.63, 3.8) is 0 Å². The predicted molar refractivity (Wildman–Crippen MR) is 76.1 cm³/mol. The fraction of sp³-hybridized carbons (Fsp3) is 0.500. The lowest BCUT2D eigenvalue weighted by Gasteiger charge is -2.34. The van der Waals surface area contributed by atoms with Crippen molar-refractivity contribution < 1.29 is 15.0 Å². The Morgan fingerprint density at radius 2 is 2.32 bits per heavy atom. The van der Waals surface area contributed by atoms with Gasteiger partial charge in [-0.2, -0.15) is 0 Å². The van der Waals surface area contributed by atoms with Gasteiger partial charge in [0, 0.05) is 24.0 Å². The first-order valence-corrected chi connectivity index (χ1v) is 7.26. The maximum atomic E-state index is 10.4. The minimum Gasteiger partial charge on any atom is -0.478 e. The van der Waals surface area contributed by atoms with Crippen LogP contribution in [0.1, 0.15) is 23.3 Å². The van der Waals surface area contributed by atoms with Gasteiger partial charge in [-0.1, -0.05) is 0 Å².